The molecular weight excluding hydrogens is 450 g/mol. The lowest BCUT2D eigenvalue weighted by molar-refractivity contribution is -0.131. The van der Waals surface area contributed by atoms with Gasteiger partial charge in [-0.25, -0.2) is 13.2 Å². The van der Waals surface area contributed by atoms with E-state index in [2.05, 4.69) is 11.9 Å². The lowest BCUT2D eigenvalue weighted by Gasteiger charge is -2.29. The summed E-state index contributed by atoms with van der Waals surface area (Å²) in [5.74, 6) is -1.13. The summed E-state index contributed by atoms with van der Waals surface area (Å²) in [6.07, 6.45) is 6.24. The van der Waals surface area contributed by atoms with Gasteiger partial charge in [0.25, 0.3) is 10.0 Å². The number of hydrogen-bond donors (Lipinski definition) is 1. The molecule has 0 fully saturated rings. The van der Waals surface area contributed by atoms with Gasteiger partial charge in [0, 0.05) is 25.3 Å². The van der Waals surface area contributed by atoms with Gasteiger partial charge in [-0.2, -0.15) is 9.29 Å². The first-order chi connectivity index (χ1) is 15.3. The molecule has 10 heteroatoms. The summed E-state index contributed by atoms with van der Waals surface area (Å²) >= 11 is 1.34. The number of carboxylic acids is 1. The van der Waals surface area contributed by atoms with E-state index in [1.54, 1.807) is 13.1 Å². The Kier molecular flexibility index (Phi) is 7.81. The van der Waals surface area contributed by atoms with Crippen molar-refractivity contribution in [1.82, 2.24) is 9.29 Å². The van der Waals surface area contributed by atoms with E-state index in [9.17, 15) is 13.2 Å². The Morgan fingerprint density at radius 1 is 1.34 bits per heavy atom. The molecule has 0 spiro atoms. The molecule has 1 aliphatic heterocycles. The number of pyridine rings is 1. The summed E-state index contributed by atoms with van der Waals surface area (Å²) in [7, 11) is -2.33. The molecule has 0 aliphatic carbocycles. The van der Waals surface area contributed by atoms with Crippen molar-refractivity contribution >= 4 is 39.1 Å². The number of para-hydroxylation sites is 1. The SMILES string of the molecule is CCCCC1CN(c2ccccc2)c2cc(SC)c(O/C=C/C(=O)O)nc2S(=O)(=O)N1C. The maximum atomic E-state index is 13.6. The fourth-order valence-corrected chi connectivity index (χ4v) is 5.51. The van der Waals surface area contributed by atoms with Gasteiger partial charge in [-0.15, -0.1) is 11.8 Å². The molecule has 0 radical (unpaired) electrons. The molecule has 8 nitrogen and oxygen atoms in total. The zero-order valence-corrected chi connectivity index (χ0v) is 19.9. The van der Waals surface area contributed by atoms with E-state index in [0.29, 0.717) is 17.1 Å². The van der Waals surface area contributed by atoms with Crippen LogP contribution in [0.5, 0.6) is 5.88 Å². The van der Waals surface area contributed by atoms with E-state index >= 15 is 0 Å². The molecule has 32 heavy (non-hydrogen) atoms. The summed E-state index contributed by atoms with van der Waals surface area (Å²) in [5, 5.41) is 8.71. The molecule has 1 unspecified atom stereocenters. The Hall–Kier alpha value is -2.56. The van der Waals surface area contributed by atoms with Crippen LogP contribution >= 0.6 is 11.8 Å². The normalized spacial score (nSPS) is 18.3. The quantitative estimate of drug-likeness (QED) is 0.344. The monoisotopic (exact) mass is 477 g/mol. The summed E-state index contributed by atoms with van der Waals surface area (Å²) in [4.78, 5) is 17.8. The van der Waals surface area contributed by atoms with Crippen LogP contribution in [0.1, 0.15) is 26.2 Å². The number of thioether (sulfide) groups is 1. The maximum absolute atomic E-state index is 13.6. The minimum absolute atomic E-state index is 0.0470. The standard InChI is InChI=1S/C22H27N3O5S2/c1-4-5-9-17-15-25(16-10-7-6-8-11-16)18-14-19(31-3)21(30-13-12-20(26)27)23-22(18)32(28,29)24(17)2/h6-8,10-14,17H,4-5,9,15H2,1-3H3,(H,26,27)/b13-12+. The molecule has 3 rings (SSSR count). The number of benzene rings is 1. The van der Waals surface area contributed by atoms with E-state index in [1.807, 2.05) is 41.5 Å². The van der Waals surface area contributed by atoms with Crippen LogP contribution in [-0.4, -0.2) is 54.7 Å². The smallest absolute Gasteiger partial charge is 0.331 e. The van der Waals surface area contributed by atoms with Gasteiger partial charge < -0.3 is 14.7 Å². The highest BCUT2D eigenvalue weighted by atomic mass is 32.2. The van der Waals surface area contributed by atoms with E-state index in [4.69, 9.17) is 9.84 Å². The molecule has 2 aromatic rings. The number of sulfonamides is 1. The van der Waals surface area contributed by atoms with Gasteiger partial charge in [-0.3, -0.25) is 0 Å². The molecule has 1 aromatic carbocycles. The molecular formula is C22H27N3O5S2. The third kappa shape index (κ3) is 5.08. The second kappa shape index (κ2) is 10.4. The first-order valence-corrected chi connectivity index (χ1v) is 12.9. The molecule has 0 bridgehead atoms. The van der Waals surface area contributed by atoms with E-state index < -0.39 is 16.0 Å². The summed E-state index contributed by atoms with van der Waals surface area (Å²) in [6, 6.07) is 11.1. The fraction of sp³-hybridized carbons (Fsp3) is 0.364. The topological polar surface area (TPSA) is 100 Å². The predicted molar refractivity (Wildman–Crippen MR) is 125 cm³/mol. The third-order valence-corrected chi connectivity index (χ3v) is 7.87. The summed E-state index contributed by atoms with van der Waals surface area (Å²) in [6.45, 7) is 2.57. The zero-order valence-electron chi connectivity index (χ0n) is 18.3. The van der Waals surface area contributed by atoms with Gasteiger partial charge >= 0.3 is 5.97 Å². The first-order valence-electron chi connectivity index (χ1n) is 10.2. The van der Waals surface area contributed by atoms with Crippen LogP contribution in [-0.2, 0) is 14.8 Å². The van der Waals surface area contributed by atoms with Crippen molar-refractivity contribution in [3.63, 3.8) is 0 Å². The van der Waals surface area contributed by atoms with Crippen molar-refractivity contribution in [3.05, 3.63) is 48.7 Å². The molecule has 0 amide bonds. The molecule has 0 saturated heterocycles. The fourth-order valence-electron chi connectivity index (χ4n) is 3.54. The van der Waals surface area contributed by atoms with Gasteiger partial charge in [-0.1, -0.05) is 38.0 Å². The van der Waals surface area contributed by atoms with Crippen molar-refractivity contribution in [2.24, 2.45) is 0 Å². The Morgan fingerprint density at radius 3 is 2.69 bits per heavy atom. The predicted octanol–water partition coefficient (Wildman–Crippen LogP) is 4.11. The second-order valence-corrected chi connectivity index (χ2v) is 10.1. The van der Waals surface area contributed by atoms with Crippen LogP contribution in [0.3, 0.4) is 0 Å². The highest BCUT2D eigenvalue weighted by Crippen LogP contribution is 2.41. The van der Waals surface area contributed by atoms with Gasteiger partial charge in [0.15, 0.2) is 5.03 Å². The van der Waals surface area contributed by atoms with Crippen LogP contribution < -0.4 is 9.64 Å². The van der Waals surface area contributed by atoms with Gasteiger partial charge in [0.1, 0.15) is 6.26 Å². The number of fused-ring (bicyclic) bond motifs is 1. The number of rotatable bonds is 8. The lowest BCUT2D eigenvalue weighted by Crippen LogP contribution is -2.40. The molecule has 1 aromatic heterocycles. The lowest BCUT2D eigenvalue weighted by atomic mass is 10.1. The number of unbranched alkanes of at least 4 members (excludes halogenated alkanes) is 1. The van der Waals surface area contributed by atoms with E-state index in [0.717, 1.165) is 37.3 Å². The molecule has 2 heterocycles. The molecule has 0 saturated carbocycles. The Bertz CT molecular complexity index is 1090. The minimum atomic E-state index is -3.92. The van der Waals surface area contributed by atoms with Crippen molar-refractivity contribution in [2.75, 3.05) is 24.7 Å². The second-order valence-electron chi connectivity index (χ2n) is 7.34. The molecule has 1 atom stereocenters. The van der Waals surface area contributed by atoms with Crippen LogP contribution in [0.2, 0.25) is 0 Å². The largest absolute Gasteiger partial charge is 0.478 e. The van der Waals surface area contributed by atoms with Crippen molar-refractivity contribution in [2.45, 2.75) is 42.1 Å². The van der Waals surface area contributed by atoms with Crippen LogP contribution in [0.25, 0.3) is 0 Å². The summed E-state index contributed by atoms with van der Waals surface area (Å²) in [5.41, 5.74) is 1.34. The zero-order chi connectivity index (χ0) is 23.3. The molecule has 1 N–H and O–H groups in total. The van der Waals surface area contributed by atoms with Gasteiger partial charge in [0.05, 0.1) is 16.7 Å². The first kappa shape index (κ1) is 24.1. The molecule has 172 valence electrons. The Balaban J connectivity index is 2.20. The number of nitrogens with zero attached hydrogens (tertiary/aromatic N) is 3. The average Bonchev–Trinajstić information content (AvgIpc) is 2.86. The molecule has 1 aliphatic rings. The van der Waals surface area contributed by atoms with E-state index in [-0.39, 0.29) is 16.9 Å². The average molecular weight is 478 g/mol. The number of aliphatic carboxylic acids is 1. The number of anilines is 2. The van der Waals surface area contributed by atoms with Crippen LogP contribution in [0.4, 0.5) is 11.4 Å². The Labute approximate surface area is 192 Å². The number of aromatic nitrogens is 1. The van der Waals surface area contributed by atoms with E-state index in [1.165, 1.54) is 16.1 Å². The summed E-state index contributed by atoms with van der Waals surface area (Å²) < 4.78 is 33.9. The van der Waals surface area contributed by atoms with Crippen LogP contribution in [0, 0.1) is 0 Å². The number of hydrogen-bond acceptors (Lipinski definition) is 7. The van der Waals surface area contributed by atoms with Crippen molar-refractivity contribution in [1.29, 1.82) is 0 Å². The Morgan fingerprint density at radius 2 is 2.06 bits per heavy atom. The highest BCUT2D eigenvalue weighted by Gasteiger charge is 2.38. The maximum Gasteiger partial charge on any atom is 0.331 e. The third-order valence-electron chi connectivity index (χ3n) is 5.29. The van der Waals surface area contributed by atoms with Crippen LogP contribution in [0.15, 0.2) is 58.7 Å². The number of carbonyl (C=O) groups is 1. The van der Waals surface area contributed by atoms with Gasteiger partial charge in [-0.05, 0) is 30.9 Å². The minimum Gasteiger partial charge on any atom is -0.478 e. The number of likely N-dealkylation sites (N-methyl/N-ethyl adjacent to an activating group) is 1. The highest BCUT2D eigenvalue weighted by molar-refractivity contribution is 7.98. The number of ether oxygens (including phenoxy) is 1. The van der Waals surface area contributed by atoms with Crippen molar-refractivity contribution < 1.29 is 23.1 Å². The van der Waals surface area contributed by atoms with Gasteiger partial charge in [0.2, 0.25) is 5.88 Å². The van der Waals surface area contributed by atoms with Crippen molar-refractivity contribution in [3.8, 4) is 5.88 Å². The number of carboxylic acid groups (broad SMARTS) is 1.